The van der Waals surface area contributed by atoms with Gasteiger partial charge < -0.3 is 10.1 Å². The van der Waals surface area contributed by atoms with Gasteiger partial charge in [0, 0.05) is 17.5 Å². The molecule has 0 radical (unpaired) electrons. The lowest BCUT2D eigenvalue weighted by Gasteiger charge is -2.40. The van der Waals surface area contributed by atoms with Crippen LogP contribution in [0.1, 0.15) is 28.4 Å². The molecule has 164 valence electrons. The average Bonchev–Trinajstić information content (AvgIpc) is 3.11. The second-order valence-electron chi connectivity index (χ2n) is 7.13. The van der Waals surface area contributed by atoms with Gasteiger partial charge in [-0.05, 0) is 43.3 Å². The first kappa shape index (κ1) is 22.7. The molecule has 0 aliphatic carbocycles. The zero-order valence-electron chi connectivity index (χ0n) is 15.6. The molecule has 1 heterocycles. The van der Waals surface area contributed by atoms with Gasteiger partial charge >= 0.3 is 10.2 Å². The highest BCUT2D eigenvalue weighted by Crippen LogP contribution is 3.02. The Morgan fingerprint density at radius 1 is 1.19 bits per heavy atom. The maximum atomic E-state index is 12.8. The summed E-state index contributed by atoms with van der Waals surface area (Å²) in [6, 6.07) is 8.16. The summed E-state index contributed by atoms with van der Waals surface area (Å²) in [6.07, 6.45) is -0.801. The van der Waals surface area contributed by atoms with Crippen molar-refractivity contribution in [3.63, 3.8) is 0 Å². The van der Waals surface area contributed by atoms with E-state index in [4.69, 9.17) is 21.6 Å². The summed E-state index contributed by atoms with van der Waals surface area (Å²) in [5, 5.41) is 21.2. The SMILES string of the molecule is CC(C#N)(NC(=O)c1ccc(S(F)(F)(F)(F)F)cc1)C1Cc2cc(C#N)cc(Cl)c2O1. The summed E-state index contributed by atoms with van der Waals surface area (Å²) in [7, 11) is -9.87. The molecule has 1 N–H and O–H groups in total. The highest BCUT2D eigenvalue weighted by atomic mass is 35.5. The van der Waals surface area contributed by atoms with E-state index in [1.54, 1.807) is 0 Å². The zero-order chi connectivity index (χ0) is 23.3. The van der Waals surface area contributed by atoms with Crippen LogP contribution in [0.4, 0.5) is 19.4 Å². The Balaban J connectivity index is 1.83. The van der Waals surface area contributed by atoms with E-state index in [2.05, 4.69) is 5.32 Å². The summed E-state index contributed by atoms with van der Waals surface area (Å²) < 4.78 is 69.9. The Morgan fingerprint density at radius 3 is 2.32 bits per heavy atom. The van der Waals surface area contributed by atoms with Crippen LogP contribution in [-0.2, 0) is 6.42 Å². The number of carbonyl (C=O) groups excluding carboxylic acids is 1. The van der Waals surface area contributed by atoms with Gasteiger partial charge in [-0.2, -0.15) is 10.5 Å². The van der Waals surface area contributed by atoms with Crippen LogP contribution in [0.5, 0.6) is 5.75 Å². The number of rotatable bonds is 4. The highest BCUT2D eigenvalue weighted by molar-refractivity contribution is 8.45. The number of hydrogen-bond acceptors (Lipinski definition) is 4. The maximum Gasteiger partial charge on any atom is 0.310 e. The fraction of sp³-hybridized carbons (Fsp3) is 0.211. The largest absolute Gasteiger partial charge is 0.485 e. The second kappa shape index (κ2) is 6.49. The Bertz CT molecular complexity index is 1170. The minimum Gasteiger partial charge on any atom is -0.485 e. The summed E-state index contributed by atoms with van der Waals surface area (Å²) in [5.41, 5.74) is -1.18. The van der Waals surface area contributed by atoms with E-state index >= 15 is 0 Å². The van der Waals surface area contributed by atoms with E-state index in [1.165, 1.54) is 19.1 Å². The van der Waals surface area contributed by atoms with Crippen molar-refractivity contribution >= 4 is 27.7 Å². The van der Waals surface area contributed by atoms with Crippen molar-refractivity contribution in [3.8, 4) is 17.9 Å². The molecule has 0 saturated carbocycles. The van der Waals surface area contributed by atoms with Crippen LogP contribution in [0.2, 0.25) is 5.02 Å². The lowest BCUT2D eigenvalue weighted by molar-refractivity contribution is 0.0841. The number of nitrogens with one attached hydrogen (secondary N) is 1. The number of nitrogens with zero attached hydrogens (tertiary/aromatic N) is 2. The lowest BCUT2D eigenvalue weighted by atomic mass is 9.92. The monoisotopic (exact) mass is 477 g/mol. The number of carbonyl (C=O) groups is 1. The molecule has 2 atom stereocenters. The Labute approximate surface area is 178 Å². The molecule has 0 bridgehead atoms. The zero-order valence-corrected chi connectivity index (χ0v) is 17.2. The fourth-order valence-electron chi connectivity index (χ4n) is 3.06. The van der Waals surface area contributed by atoms with E-state index in [0.717, 1.165) is 0 Å². The molecule has 5 nitrogen and oxygen atoms in total. The van der Waals surface area contributed by atoms with E-state index < -0.39 is 32.7 Å². The maximum absolute atomic E-state index is 12.8. The molecule has 31 heavy (non-hydrogen) atoms. The molecule has 1 aliphatic rings. The van der Waals surface area contributed by atoms with E-state index in [9.17, 15) is 29.5 Å². The van der Waals surface area contributed by atoms with Crippen LogP contribution in [0.25, 0.3) is 0 Å². The molecule has 1 amide bonds. The minimum atomic E-state index is -9.87. The molecule has 3 rings (SSSR count). The van der Waals surface area contributed by atoms with Crippen LogP contribution in [0, 0.1) is 22.7 Å². The second-order valence-corrected chi connectivity index (χ2v) is 9.95. The first-order valence-electron chi connectivity index (χ1n) is 8.53. The van der Waals surface area contributed by atoms with Crippen molar-refractivity contribution in [3.05, 3.63) is 58.1 Å². The van der Waals surface area contributed by atoms with Gasteiger partial charge in [-0.3, -0.25) is 4.79 Å². The number of benzene rings is 2. The molecule has 2 aromatic rings. The van der Waals surface area contributed by atoms with Gasteiger partial charge in [0.2, 0.25) is 0 Å². The van der Waals surface area contributed by atoms with Crippen molar-refractivity contribution < 1.29 is 29.0 Å². The predicted molar refractivity (Wildman–Crippen MR) is 104 cm³/mol. The molecule has 0 saturated heterocycles. The molecular weight excluding hydrogens is 465 g/mol. The van der Waals surface area contributed by atoms with Crippen molar-refractivity contribution in [2.45, 2.75) is 29.9 Å². The molecule has 2 aromatic carbocycles. The topological polar surface area (TPSA) is 85.9 Å². The summed E-state index contributed by atoms with van der Waals surface area (Å²) in [5.74, 6) is -0.706. The third-order valence-electron chi connectivity index (χ3n) is 4.73. The van der Waals surface area contributed by atoms with Crippen LogP contribution >= 0.6 is 21.8 Å². The highest BCUT2D eigenvalue weighted by Gasteiger charge is 2.65. The molecule has 2 unspecified atom stereocenters. The van der Waals surface area contributed by atoms with E-state index in [0.29, 0.717) is 17.7 Å². The van der Waals surface area contributed by atoms with Crippen LogP contribution in [0.15, 0.2) is 41.3 Å². The summed E-state index contributed by atoms with van der Waals surface area (Å²) >= 11 is 6.09. The van der Waals surface area contributed by atoms with Gasteiger partial charge in [0.05, 0.1) is 22.7 Å². The third-order valence-corrected chi connectivity index (χ3v) is 6.17. The number of halogens is 6. The van der Waals surface area contributed by atoms with Gasteiger partial charge in [-0.25, -0.2) is 0 Å². The van der Waals surface area contributed by atoms with Crippen LogP contribution in [-0.4, -0.2) is 17.6 Å². The molecular formula is C19H13ClF5N3O2S. The van der Waals surface area contributed by atoms with Crippen molar-refractivity contribution in [1.82, 2.24) is 5.32 Å². The predicted octanol–water partition coefficient (Wildman–Crippen LogP) is 5.88. The molecule has 0 fully saturated rings. The van der Waals surface area contributed by atoms with E-state index in [-0.39, 0.29) is 40.5 Å². The lowest BCUT2D eigenvalue weighted by Crippen LogP contribution is -2.55. The normalized spacial score (nSPS) is 19.5. The summed E-state index contributed by atoms with van der Waals surface area (Å²) in [6.45, 7) is 1.34. The van der Waals surface area contributed by atoms with Crippen molar-refractivity contribution in [1.29, 1.82) is 10.5 Å². The first-order chi connectivity index (χ1) is 14.1. The number of nitriles is 2. The molecule has 0 spiro atoms. The van der Waals surface area contributed by atoms with Crippen LogP contribution < -0.4 is 10.1 Å². The van der Waals surface area contributed by atoms with Crippen LogP contribution in [0.3, 0.4) is 0 Å². The Morgan fingerprint density at radius 2 is 1.81 bits per heavy atom. The smallest absolute Gasteiger partial charge is 0.310 e. The van der Waals surface area contributed by atoms with E-state index in [1.807, 2.05) is 12.1 Å². The quantitative estimate of drug-likeness (QED) is 0.557. The fourth-order valence-corrected chi connectivity index (χ4v) is 3.99. The Hall–Kier alpha value is -3.02. The molecule has 1 aliphatic heterocycles. The number of hydrogen-bond donors (Lipinski definition) is 1. The van der Waals surface area contributed by atoms with Crippen molar-refractivity contribution in [2.75, 3.05) is 0 Å². The number of ether oxygens (including phenoxy) is 1. The van der Waals surface area contributed by atoms with Crippen molar-refractivity contribution in [2.24, 2.45) is 0 Å². The minimum absolute atomic E-state index is 0.116. The standard InChI is InChI=1S/C19H13ClF5N3O2S/c1-19(10-27,16-8-13-6-11(9-26)7-15(20)17(13)30-16)28-18(29)12-2-4-14(5-3-12)31(21,22,23,24)25/h2-7,16H,8H2,1H3,(H,28,29). The van der Waals surface area contributed by atoms with Gasteiger partial charge in [0.1, 0.15) is 16.7 Å². The van der Waals surface area contributed by atoms with Gasteiger partial charge in [-0.15, -0.1) is 0 Å². The summed E-state index contributed by atoms with van der Waals surface area (Å²) in [4.78, 5) is 10.4. The number of fused-ring (bicyclic) bond motifs is 1. The average molecular weight is 478 g/mol. The Kier molecular flexibility index (Phi) is 4.74. The number of amides is 1. The molecule has 0 aromatic heterocycles. The van der Waals surface area contributed by atoms with Gasteiger partial charge in [-0.1, -0.05) is 31.0 Å². The van der Waals surface area contributed by atoms with Gasteiger partial charge in [0.25, 0.3) is 5.91 Å². The third kappa shape index (κ3) is 4.53. The molecule has 12 heteroatoms. The van der Waals surface area contributed by atoms with Gasteiger partial charge in [0.15, 0.2) is 5.54 Å². The first-order valence-corrected chi connectivity index (χ1v) is 10.9.